The predicted octanol–water partition coefficient (Wildman–Crippen LogP) is 12.4. The molecule has 47 heavy (non-hydrogen) atoms. The van der Waals surface area contributed by atoms with Gasteiger partial charge in [0.25, 0.3) is 0 Å². The molecule has 5 aromatic carbocycles. The van der Waals surface area contributed by atoms with Gasteiger partial charge in [-0.2, -0.15) is 0 Å². The molecule has 236 valence electrons. The van der Waals surface area contributed by atoms with E-state index >= 15 is 0 Å². The van der Waals surface area contributed by atoms with Crippen molar-refractivity contribution in [3.8, 4) is 11.1 Å². The Morgan fingerprint density at radius 1 is 0.511 bits per heavy atom. The summed E-state index contributed by atoms with van der Waals surface area (Å²) in [6, 6.07) is 40.3. The van der Waals surface area contributed by atoms with E-state index in [1.54, 1.807) is 11.1 Å². The van der Waals surface area contributed by atoms with E-state index in [1.165, 1.54) is 95.0 Å². The van der Waals surface area contributed by atoms with Crippen molar-refractivity contribution < 1.29 is 0 Å². The molecular formula is C46H47N. The van der Waals surface area contributed by atoms with Crippen LogP contribution in [0.3, 0.4) is 0 Å². The second-order valence-corrected chi connectivity index (χ2v) is 17.3. The molecule has 6 aliphatic carbocycles. The molecule has 0 aliphatic heterocycles. The van der Waals surface area contributed by atoms with Crippen LogP contribution in [0.2, 0.25) is 0 Å². The van der Waals surface area contributed by atoms with E-state index in [2.05, 4.69) is 136 Å². The topological polar surface area (TPSA) is 3.24 Å². The molecule has 0 saturated heterocycles. The highest BCUT2D eigenvalue weighted by Gasteiger charge is 2.61. The van der Waals surface area contributed by atoms with E-state index in [0.717, 1.165) is 23.7 Å². The highest BCUT2D eigenvalue weighted by molar-refractivity contribution is 5.92. The molecule has 4 fully saturated rings. The fourth-order valence-corrected chi connectivity index (χ4v) is 11.9. The molecule has 5 aromatic rings. The van der Waals surface area contributed by atoms with Crippen LogP contribution in [-0.2, 0) is 16.2 Å². The summed E-state index contributed by atoms with van der Waals surface area (Å²) in [6.07, 6.45) is 9.55. The van der Waals surface area contributed by atoms with Gasteiger partial charge in [0.1, 0.15) is 0 Å². The Kier molecular flexibility index (Phi) is 5.77. The zero-order valence-corrected chi connectivity index (χ0v) is 28.5. The Morgan fingerprint density at radius 2 is 1.13 bits per heavy atom. The lowest BCUT2D eigenvalue weighted by atomic mass is 9.43. The van der Waals surface area contributed by atoms with E-state index in [0.29, 0.717) is 0 Å². The zero-order valence-electron chi connectivity index (χ0n) is 28.5. The third-order valence-electron chi connectivity index (χ3n) is 13.9. The maximum absolute atomic E-state index is 2.67. The highest BCUT2D eigenvalue weighted by Crippen LogP contribution is 2.69. The molecule has 11 rings (SSSR count). The fraction of sp³-hybridized carbons (Fsp3) is 0.391. The van der Waals surface area contributed by atoms with Crippen molar-refractivity contribution in [2.45, 2.75) is 88.9 Å². The largest absolute Gasteiger partial charge is 0.310 e. The van der Waals surface area contributed by atoms with Crippen LogP contribution < -0.4 is 4.90 Å². The first-order valence-electron chi connectivity index (χ1n) is 18.4. The highest BCUT2D eigenvalue weighted by atomic mass is 15.1. The summed E-state index contributed by atoms with van der Waals surface area (Å²) in [5, 5.41) is 2.59. The molecular weight excluding hydrogens is 567 g/mol. The maximum Gasteiger partial charge on any atom is 0.0502 e. The lowest BCUT2D eigenvalue weighted by Crippen LogP contribution is -2.55. The summed E-state index contributed by atoms with van der Waals surface area (Å²) >= 11 is 0. The Morgan fingerprint density at radius 3 is 1.91 bits per heavy atom. The quantitative estimate of drug-likeness (QED) is 0.196. The molecule has 4 saturated carbocycles. The molecule has 1 nitrogen and oxygen atoms in total. The number of hydrogen-bond donors (Lipinski definition) is 0. The molecule has 0 aromatic heterocycles. The number of nitrogens with zero attached hydrogens (tertiary/aromatic N) is 1. The monoisotopic (exact) mass is 613 g/mol. The smallest absolute Gasteiger partial charge is 0.0502 e. The fourth-order valence-electron chi connectivity index (χ4n) is 11.9. The van der Waals surface area contributed by atoms with Crippen molar-refractivity contribution in [3.63, 3.8) is 0 Å². The molecule has 1 heteroatoms. The van der Waals surface area contributed by atoms with Gasteiger partial charge in [0.05, 0.1) is 5.69 Å². The summed E-state index contributed by atoms with van der Waals surface area (Å²) in [7, 11) is 0. The van der Waals surface area contributed by atoms with Crippen LogP contribution in [0.15, 0.2) is 103 Å². The van der Waals surface area contributed by atoms with Crippen molar-refractivity contribution in [3.05, 3.63) is 125 Å². The average Bonchev–Trinajstić information content (AvgIpc) is 3.36. The van der Waals surface area contributed by atoms with Crippen LogP contribution in [0.4, 0.5) is 17.1 Å². The predicted molar refractivity (Wildman–Crippen MR) is 197 cm³/mol. The number of hydrogen-bond acceptors (Lipinski definition) is 1. The average molecular weight is 614 g/mol. The lowest BCUT2D eigenvalue weighted by molar-refractivity contribution is -0.0399. The van der Waals surface area contributed by atoms with Gasteiger partial charge in [-0.15, -0.1) is 0 Å². The lowest BCUT2D eigenvalue weighted by Gasteiger charge is -2.61. The van der Waals surface area contributed by atoms with Crippen LogP contribution in [0.1, 0.15) is 94.9 Å². The van der Waals surface area contributed by atoms with Gasteiger partial charge in [-0.1, -0.05) is 100 Å². The molecule has 4 bridgehead atoms. The normalized spacial score (nSPS) is 28.7. The van der Waals surface area contributed by atoms with Crippen molar-refractivity contribution in [2.75, 3.05) is 4.90 Å². The van der Waals surface area contributed by atoms with Crippen LogP contribution >= 0.6 is 0 Å². The van der Waals surface area contributed by atoms with Crippen LogP contribution in [0.5, 0.6) is 0 Å². The minimum atomic E-state index is 0.0894. The van der Waals surface area contributed by atoms with Crippen LogP contribution in [0.25, 0.3) is 21.9 Å². The first-order valence-corrected chi connectivity index (χ1v) is 18.4. The maximum atomic E-state index is 2.67. The third-order valence-corrected chi connectivity index (χ3v) is 13.9. The van der Waals surface area contributed by atoms with Gasteiger partial charge in [-0.25, -0.2) is 0 Å². The van der Waals surface area contributed by atoms with E-state index in [-0.39, 0.29) is 16.2 Å². The number of fused-ring (bicyclic) bond motifs is 5. The molecule has 6 aliphatic rings. The molecule has 1 spiro atoms. The first kappa shape index (κ1) is 28.2. The standard InChI is InChI=1S/C46H47N/c1-44(2)20-21-45(3,4)43-40(44)14-9-15-42(43)47(35-17-16-31-10-5-6-11-32(31)27-35)36-18-19-38-37-12-7-8-13-39(37)46(41(38)28-36)33-23-29-22-30(25-33)26-34(46)24-29/h5-19,27-30,33-34H,20-26H2,1-4H3. The summed E-state index contributed by atoms with van der Waals surface area (Å²) in [5.74, 6) is 3.40. The zero-order chi connectivity index (χ0) is 31.7. The minimum absolute atomic E-state index is 0.0894. The minimum Gasteiger partial charge on any atom is -0.310 e. The first-order chi connectivity index (χ1) is 22.7. The summed E-state index contributed by atoms with van der Waals surface area (Å²) in [5.41, 5.74) is 13.6. The molecule has 0 unspecified atom stereocenters. The van der Waals surface area contributed by atoms with Crippen molar-refractivity contribution in [2.24, 2.45) is 23.7 Å². The number of anilines is 3. The summed E-state index contributed by atoms with van der Waals surface area (Å²) in [6.45, 7) is 9.86. The molecule has 0 radical (unpaired) electrons. The Hall–Kier alpha value is -3.84. The second kappa shape index (κ2) is 9.62. The Balaban J connectivity index is 1.24. The van der Waals surface area contributed by atoms with E-state index < -0.39 is 0 Å². The molecule has 0 amide bonds. The van der Waals surface area contributed by atoms with Gasteiger partial charge in [0.15, 0.2) is 0 Å². The van der Waals surface area contributed by atoms with E-state index in [4.69, 9.17) is 0 Å². The molecule has 0 N–H and O–H groups in total. The van der Waals surface area contributed by atoms with Gasteiger partial charge in [0.2, 0.25) is 0 Å². The summed E-state index contributed by atoms with van der Waals surface area (Å²) in [4.78, 5) is 2.64. The SMILES string of the molecule is CC1(C)CCC(C)(C)c2c(N(c3ccc4c(c3)C3(c5ccccc5-4)C4CC5CC(C4)CC3C5)c3ccc4ccccc4c3)cccc21. The van der Waals surface area contributed by atoms with E-state index in [9.17, 15) is 0 Å². The van der Waals surface area contributed by atoms with Crippen molar-refractivity contribution in [1.82, 2.24) is 0 Å². The van der Waals surface area contributed by atoms with Crippen molar-refractivity contribution >= 4 is 27.8 Å². The van der Waals surface area contributed by atoms with Gasteiger partial charge < -0.3 is 4.90 Å². The molecule has 0 heterocycles. The van der Waals surface area contributed by atoms with Gasteiger partial charge in [-0.3, -0.25) is 0 Å². The summed E-state index contributed by atoms with van der Waals surface area (Å²) < 4.78 is 0. The van der Waals surface area contributed by atoms with Gasteiger partial charge in [-0.05, 0) is 154 Å². The Bertz CT molecular complexity index is 2050. The third kappa shape index (κ3) is 3.83. The molecule has 0 atom stereocenters. The van der Waals surface area contributed by atoms with Crippen LogP contribution in [-0.4, -0.2) is 0 Å². The second-order valence-electron chi connectivity index (χ2n) is 17.3. The van der Waals surface area contributed by atoms with Crippen LogP contribution in [0, 0.1) is 23.7 Å². The van der Waals surface area contributed by atoms with Gasteiger partial charge >= 0.3 is 0 Å². The number of benzene rings is 5. The number of rotatable bonds is 3. The van der Waals surface area contributed by atoms with E-state index in [1.807, 2.05) is 0 Å². The Labute approximate surface area is 281 Å². The van der Waals surface area contributed by atoms with Crippen molar-refractivity contribution in [1.29, 1.82) is 0 Å². The van der Waals surface area contributed by atoms with Gasteiger partial charge in [0, 0.05) is 16.8 Å².